The summed E-state index contributed by atoms with van der Waals surface area (Å²) in [6.45, 7) is 2.44. The number of amides is 1. The molecule has 1 unspecified atom stereocenters. The van der Waals surface area contributed by atoms with Crippen LogP contribution in [0.4, 0.5) is 0 Å². The van der Waals surface area contributed by atoms with E-state index in [2.05, 4.69) is 5.32 Å². The van der Waals surface area contributed by atoms with Crippen molar-refractivity contribution in [2.24, 2.45) is 0 Å². The Kier molecular flexibility index (Phi) is 6.92. The van der Waals surface area contributed by atoms with Gasteiger partial charge in [0.25, 0.3) is 0 Å². The first kappa shape index (κ1) is 15.5. The molecule has 1 rings (SSSR count). The molecule has 0 saturated heterocycles. The Morgan fingerprint density at radius 2 is 2.26 bits per heavy atom. The summed E-state index contributed by atoms with van der Waals surface area (Å²) in [5, 5.41) is 11.7. The van der Waals surface area contributed by atoms with Gasteiger partial charge in [0.15, 0.2) is 0 Å². The lowest BCUT2D eigenvalue weighted by Crippen LogP contribution is -2.41. The molecule has 19 heavy (non-hydrogen) atoms. The summed E-state index contributed by atoms with van der Waals surface area (Å²) < 4.78 is 10.4. The average molecular weight is 267 g/mol. The van der Waals surface area contributed by atoms with E-state index in [4.69, 9.17) is 14.6 Å². The topological polar surface area (TPSA) is 67.8 Å². The molecule has 0 bridgehead atoms. The number of carbonyl (C=O) groups is 1. The van der Waals surface area contributed by atoms with Gasteiger partial charge in [0.2, 0.25) is 5.91 Å². The van der Waals surface area contributed by atoms with E-state index in [0.29, 0.717) is 13.2 Å². The number of benzene rings is 1. The van der Waals surface area contributed by atoms with E-state index in [1.54, 1.807) is 0 Å². The van der Waals surface area contributed by atoms with Crippen LogP contribution < -0.4 is 10.1 Å². The number of hydrogen-bond donors (Lipinski definition) is 2. The van der Waals surface area contributed by atoms with Crippen LogP contribution in [0, 0.1) is 6.92 Å². The second-order valence-corrected chi connectivity index (χ2v) is 4.32. The lowest BCUT2D eigenvalue weighted by atomic mass is 10.2. The number of aliphatic hydroxyl groups excluding tert-OH is 1. The number of carbonyl (C=O) groups excluding carboxylic acids is 1. The van der Waals surface area contributed by atoms with E-state index < -0.39 is 0 Å². The molecule has 1 amide bonds. The van der Waals surface area contributed by atoms with E-state index in [0.717, 1.165) is 11.3 Å². The molecule has 0 aromatic heterocycles. The molecule has 0 aliphatic carbocycles. The van der Waals surface area contributed by atoms with Crippen LogP contribution in [0.2, 0.25) is 0 Å². The molecule has 0 heterocycles. The van der Waals surface area contributed by atoms with Crippen molar-refractivity contribution in [3.63, 3.8) is 0 Å². The fourth-order valence-electron chi connectivity index (χ4n) is 1.61. The molecular weight excluding hydrogens is 246 g/mol. The first-order valence-electron chi connectivity index (χ1n) is 6.24. The molecule has 0 aliphatic heterocycles. The van der Waals surface area contributed by atoms with Gasteiger partial charge in [0, 0.05) is 7.11 Å². The summed E-state index contributed by atoms with van der Waals surface area (Å²) in [7, 11) is 1.52. The van der Waals surface area contributed by atoms with E-state index in [-0.39, 0.29) is 25.0 Å². The number of ether oxygens (including phenoxy) is 2. The summed E-state index contributed by atoms with van der Waals surface area (Å²) in [5.41, 5.74) is 1.11. The third-order valence-electron chi connectivity index (χ3n) is 2.54. The zero-order chi connectivity index (χ0) is 14.1. The summed E-state index contributed by atoms with van der Waals surface area (Å²) >= 11 is 0. The van der Waals surface area contributed by atoms with E-state index >= 15 is 0 Å². The van der Waals surface area contributed by atoms with E-state index in [9.17, 15) is 4.79 Å². The predicted octanol–water partition coefficient (Wildman–Crippen LogP) is 0.887. The maximum absolute atomic E-state index is 11.6. The van der Waals surface area contributed by atoms with Gasteiger partial charge in [-0.05, 0) is 24.6 Å². The second-order valence-electron chi connectivity index (χ2n) is 4.32. The average Bonchev–Trinajstić information content (AvgIpc) is 2.38. The Morgan fingerprint density at radius 1 is 1.47 bits per heavy atom. The van der Waals surface area contributed by atoms with Crippen molar-refractivity contribution in [3.05, 3.63) is 29.8 Å². The molecule has 0 spiro atoms. The minimum atomic E-state index is -0.364. The van der Waals surface area contributed by atoms with Crippen molar-refractivity contribution in [2.45, 2.75) is 19.4 Å². The normalized spacial score (nSPS) is 11.9. The number of hydrogen-bond acceptors (Lipinski definition) is 4. The molecule has 0 radical (unpaired) electrons. The van der Waals surface area contributed by atoms with Gasteiger partial charge < -0.3 is 19.9 Å². The number of rotatable bonds is 8. The van der Waals surface area contributed by atoms with Gasteiger partial charge in [-0.15, -0.1) is 0 Å². The van der Waals surface area contributed by atoms with Crippen LogP contribution in [0.15, 0.2) is 24.3 Å². The van der Waals surface area contributed by atoms with Crippen molar-refractivity contribution < 1.29 is 19.4 Å². The molecular formula is C14H21NO4. The lowest BCUT2D eigenvalue weighted by Gasteiger charge is -2.15. The number of aliphatic hydroxyl groups is 1. The van der Waals surface area contributed by atoms with Crippen molar-refractivity contribution >= 4 is 5.91 Å². The molecule has 5 heteroatoms. The van der Waals surface area contributed by atoms with Crippen LogP contribution in [-0.4, -0.2) is 44.0 Å². The van der Waals surface area contributed by atoms with Crippen LogP contribution >= 0.6 is 0 Å². The van der Waals surface area contributed by atoms with Crippen molar-refractivity contribution in [2.75, 3.05) is 26.9 Å². The predicted molar refractivity (Wildman–Crippen MR) is 72.2 cm³/mol. The molecule has 2 N–H and O–H groups in total. The molecule has 0 aliphatic rings. The SMILES string of the molecule is COCC(CO)NC(=O)CCOc1cccc(C)c1. The molecule has 1 aromatic rings. The number of nitrogens with one attached hydrogen (secondary N) is 1. The first-order valence-corrected chi connectivity index (χ1v) is 6.24. The summed E-state index contributed by atoms with van der Waals surface area (Å²) in [6.07, 6.45) is 0.244. The van der Waals surface area contributed by atoms with Crippen LogP contribution in [0.5, 0.6) is 5.75 Å². The van der Waals surface area contributed by atoms with Crippen molar-refractivity contribution in [3.8, 4) is 5.75 Å². The van der Waals surface area contributed by atoms with Gasteiger partial charge in [0.05, 0.1) is 32.3 Å². The van der Waals surface area contributed by atoms with Gasteiger partial charge in [-0.25, -0.2) is 0 Å². The summed E-state index contributed by atoms with van der Waals surface area (Å²) in [6, 6.07) is 7.30. The third kappa shape index (κ3) is 6.22. The molecule has 1 atom stereocenters. The minimum Gasteiger partial charge on any atom is -0.493 e. The maximum atomic E-state index is 11.6. The number of methoxy groups -OCH3 is 1. The lowest BCUT2D eigenvalue weighted by molar-refractivity contribution is -0.123. The third-order valence-corrected chi connectivity index (χ3v) is 2.54. The van der Waals surface area contributed by atoms with Gasteiger partial charge >= 0.3 is 0 Å². The van der Waals surface area contributed by atoms with Crippen LogP contribution in [0.25, 0.3) is 0 Å². The Bertz CT molecular complexity index is 395. The molecule has 0 fully saturated rings. The molecule has 0 saturated carbocycles. The highest BCUT2D eigenvalue weighted by Gasteiger charge is 2.10. The van der Waals surface area contributed by atoms with Gasteiger partial charge in [-0.2, -0.15) is 0 Å². The van der Waals surface area contributed by atoms with Gasteiger partial charge in [0.1, 0.15) is 5.75 Å². The zero-order valence-electron chi connectivity index (χ0n) is 11.4. The van der Waals surface area contributed by atoms with Crippen LogP contribution in [-0.2, 0) is 9.53 Å². The monoisotopic (exact) mass is 267 g/mol. The van der Waals surface area contributed by atoms with Crippen LogP contribution in [0.3, 0.4) is 0 Å². The van der Waals surface area contributed by atoms with Gasteiger partial charge in [-0.1, -0.05) is 12.1 Å². The molecule has 106 valence electrons. The molecule has 5 nitrogen and oxygen atoms in total. The number of aryl methyl sites for hydroxylation is 1. The first-order chi connectivity index (χ1) is 9.15. The fraction of sp³-hybridized carbons (Fsp3) is 0.500. The summed E-state index contributed by atoms with van der Waals surface area (Å²) in [5.74, 6) is 0.590. The zero-order valence-corrected chi connectivity index (χ0v) is 11.4. The van der Waals surface area contributed by atoms with Crippen molar-refractivity contribution in [1.29, 1.82) is 0 Å². The van der Waals surface area contributed by atoms with E-state index in [1.165, 1.54) is 7.11 Å². The highest BCUT2D eigenvalue weighted by molar-refractivity contribution is 5.76. The Labute approximate surface area is 113 Å². The Hall–Kier alpha value is -1.59. The quantitative estimate of drug-likeness (QED) is 0.734. The second kappa shape index (κ2) is 8.50. The largest absolute Gasteiger partial charge is 0.493 e. The fourth-order valence-corrected chi connectivity index (χ4v) is 1.61. The maximum Gasteiger partial charge on any atom is 0.223 e. The summed E-state index contributed by atoms with van der Waals surface area (Å²) in [4.78, 5) is 11.6. The minimum absolute atomic E-state index is 0.141. The molecule has 1 aromatic carbocycles. The smallest absolute Gasteiger partial charge is 0.223 e. The Balaban J connectivity index is 2.27. The van der Waals surface area contributed by atoms with Gasteiger partial charge in [-0.3, -0.25) is 4.79 Å². The Morgan fingerprint density at radius 3 is 2.89 bits per heavy atom. The van der Waals surface area contributed by atoms with Crippen LogP contribution in [0.1, 0.15) is 12.0 Å². The van der Waals surface area contributed by atoms with E-state index in [1.807, 2.05) is 31.2 Å². The highest BCUT2D eigenvalue weighted by atomic mass is 16.5. The highest BCUT2D eigenvalue weighted by Crippen LogP contribution is 2.12. The van der Waals surface area contributed by atoms with Crippen molar-refractivity contribution in [1.82, 2.24) is 5.32 Å². The standard InChI is InChI=1S/C14H21NO4/c1-11-4-3-5-13(8-11)19-7-6-14(17)15-12(9-16)10-18-2/h3-5,8,12,16H,6-7,9-10H2,1-2H3,(H,15,17).